The van der Waals surface area contributed by atoms with E-state index in [2.05, 4.69) is 0 Å². The fourth-order valence-electron chi connectivity index (χ4n) is 3.63. The first-order valence-electron chi connectivity index (χ1n) is 9.19. The molecule has 8 nitrogen and oxygen atoms in total. The zero-order chi connectivity index (χ0) is 22.3. The summed E-state index contributed by atoms with van der Waals surface area (Å²) in [4.78, 5) is 50.3. The smallest absolute Gasteiger partial charge is 0.418 e. The molecule has 29 heavy (non-hydrogen) atoms. The van der Waals surface area contributed by atoms with Gasteiger partial charge in [0.15, 0.2) is 5.41 Å². The van der Waals surface area contributed by atoms with Crippen molar-refractivity contribution in [2.24, 2.45) is 0 Å². The molecule has 0 bridgehead atoms. The lowest BCUT2D eigenvalue weighted by Gasteiger charge is -2.27. The first kappa shape index (κ1) is 22.7. The number of ether oxygens (including phenoxy) is 1. The maximum atomic E-state index is 13.2. The molecule has 0 fully saturated rings. The van der Waals surface area contributed by atoms with Crippen LogP contribution in [-0.2, 0) is 37.4 Å². The molecule has 0 spiro atoms. The van der Waals surface area contributed by atoms with E-state index in [1.165, 1.54) is 6.07 Å². The van der Waals surface area contributed by atoms with Crippen molar-refractivity contribution < 1.29 is 34.1 Å². The van der Waals surface area contributed by atoms with Crippen molar-refractivity contribution in [3.05, 3.63) is 27.8 Å². The number of fused-ring (bicyclic) bond motifs is 1. The van der Waals surface area contributed by atoms with E-state index < -0.39 is 41.4 Å². The molecule has 1 aromatic carbocycles. The van der Waals surface area contributed by atoms with Crippen LogP contribution in [0.25, 0.3) is 0 Å². The standard InChI is InChI=1S/C20H24ClNO7/c1-6-10-8-12-14(11(7-2)15(10)21)20(17(25)26,16(24)22(12)18(27)28)9-13(23)29-19(3,4)5/h8H,6-7,9H2,1-5H3,(H,25,26)(H,27,28). The second-order valence-electron chi connectivity index (χ2n) is 7.83. The van der Waals surface area contributed by atoms with Crippen LogP contribution in [0.5, 0.6) is 0 Å². The van der Waals surface area contributed by atoms with Crippen LogP contribution >= 0.6 is 11.6 Å². The summed E-state index contributed by atoms with van der Waals surface area (Å²) in [5.41, 5.74) is -2.56. The third kappa shape index (κ3) is 3.69. The number of imide groups is 1. The molecule has 1 atom stereocenters. The summed E-state index contributed by atoms with van der Waals surface area (Å²) in [6.07, 6.45) is -1.77. The van der Waals surface area contributed by atoms with E-state index in [1.54, 1.807) is 34.6 Å². The molecule has 0 saturated carbocycles. The van der Waals surface area contributed by atoms with Crippen LogP contribution in [0.15, 0.2) is 6.07 Å². The van der Waals surface area contributed by atoms with Crippen LogP contribution in [0.3, 0.4) is 0 Å². The first-order chi connectivity index (χ1) is 13.3. The molecule has 1 aliphatic rings. The van der Waals surface area contributed by atoms with Crippen molar-refractivity contribution in [3.63, 3.8) is 0 Å². The van der Waals surface area contributed by atoms with Crippen LogP contribution in [-0.4, -0.2) is 39.8 Å². The number of carbonyl (C=O) groups is 4. The summed E-state index contributed by atoms with van der Waals surface area (Å²) in [6, 6.07) is 1.41. The number of carbonyl (C=O) groups excluding carboxylic acids is 2. The Labute approximate surface area is 173 Å². The number of aliphatic carboxylic acids is 1. The molecule has 0 saturated heterocycles. The SMILES string of the molecule is CCc1cc2c(c(CC)c1Cl)C(CC(=O)OC(C)(C)C)(C(=O)O)C(=O)N2C(=O)O. The Balaban J connectivity index is 2.86. The van der Waals surface area contributed by atoms with E-state index >= 15 is 0 Å². The van der Waals surface area contributed by atoms with Crippen LogP contribution in [0.2, 0.25) is 5.02 Å². The van der Waals surface area contributed by atoms with Gasteiger partial charge < -0.3 is 14.9 Å². The molecule has 1 aliphatic heterocycles. The molecule has 158 valence electrons. The fraction of sp³-hybridized carbons (Fsp3) is 0.500. The second-order valence-corrected chi connectivity index (χ2v) is 8.20. The molecule has 2 N–H and O–H groups in total. The number of anilines is 1. The molecule has 0 radical (unpaired) electrons. The quantitative estimate of drug-likeness (QED) is 0.546. The van der Waals surface area contributed by atoms with Crippen LogP contribution < -0.4 is 4.90 Å². The van der Waals surface area contributed by atoms with E-state index in [1.807, 2.05) is 0 Å². The molecule has 2 amide bonds. The Kier molecular flexibility index (Phi) is 5.99. The summed E-state index contributed by atoms with van der Waals surface area (Å²) >= 11 is 6.46. The van der Waals surface area contributed by atoms with Crippen molar-refractivity contribution in [2.45, 2.75) is 64.9 Å². The molecule has 1 heterocycles. The summed E-state index contributed by atoms with van der Waals surface area (Å²) in [5.74, 6) is -3.78. The van der Waals surface area contributed by atoms with Gasteiger partial charge in [-0.1, -0.05) is 25.4 Å². The van der Waals surface area contributed by atoms with Crippen LogP contribution in [0.4, 0.5) is 10.5 Å². The van der Waals surface area contributed by atoms with Gasteiger partial charge in [0.25, 0.3) is 5.91 Å². The third-order valence-electron chi connectivity index (χ3n) is 4.77. The maximum Gasteiger partial charge on any atom is 0.418 e. The summed E-state index contributed by atoms with van der Waals surface area (Å²) < 4.78 is 5.23. The lowest BCUT2D eigenvalue weighted by Crippen LogP contribution is -2.50. The fourth-order valence-corrected chi connectivity index (χ4v) is 4.05. The van der Waals surface area contributed by atoms with E-state index in [9.17, 15) is 29.4 Å². The number of rotatable bonds is 5. The van der Waals surface area contributed by atoms with Gasteiger partial charge in [-0.2, -0.15) is 0 Å². The van der Waals surface area contributed by atoms with Crippen molar-refractivity contribution in [1.29, 1.82) is 0 Å². The highest BCUT2D eigenvalue weighted by Gasteiger charge is 2.61. The maximum absolute atomic E-state index is 13.2. The van der Waals surface area contributed by atoms with E-state index in [4.69, 9.17) is 16.3 Å². The number of nitrogens with zero attached hydrogens (tertiary/aromatic N) is 1. The molecule has 1 unspecified atom stereocenters. The van der Waals surface area contributed by atoms with E-state index in [0.717, 1.165) is 0 Å². The van der Waals surface area contributed by atoms with Crippen molar-refractivity contribution in [1.82, 2.24) is 0 Å². The van der Waals surface area contributed by atoms with Gasteiger partial charge in [-0.25, -0.2) is 9.69 Å². The lowest BCUT2D eigenvalue weighted by atomic mass is 9.75. The molecule has 9 heteroatoms. The van der Waals surface area contributed by atoms with Crippen molar-refractivity contribution >= 4 is 41.2 Å². The third-order valence-corrected chi connectivity index (χ3v) is 5.24. The van der Waals surface area contributed by atoms with Gasteiger partial charge in [0, 0.05) is 10.6 Å². The highest BCUT2D eigenvalue weighted by Crippen LogP contribution is 2.49. The summed E-state index contributed by atoms with van der Waals surface area (Å²) in [6.45, 7) is 8.34. The zero-order valence-electron chi connectivity index (χ0n) is 17.0. The van der Waals surface area contributed by atoms with Gasteiger partial charge in [0.1, 0.15) is 5.60 Å². The zero-order valence-corrected chi connectivity index (χ0v) is 17.7. The van der Waals surface area contributed by atoms with Gasteiger partial charge in [0.05, 0.1) is 12.1 Å². The average molecular weight is 426 g/mol. The number of benzene rings is 1. The largest absolute Gasteiger partial charge is 0.480 e. The van der Waals surface area contributed by atoms with Crippen LogP contribution in [0, 0.1) is 0 Å². The Hall–Kier alpha value is -2.61. The lowest BCUT2D eigenvalue weighted by molar-refractivity contribution is -0.163. The topological polar surface area (TPSA) is 121 Å². The molecular formula is C20H24ClNO7. The van der Waals surface area contributed by atoms with Crippen LogP contribution in [0.1, 0.15) is 57.7 Å². The van der Waals surface area contributed by atoms with Gasteiger partial charge in [-0.15, -0.1) is 0 Å². The number of hydrogen-bond acceptors (Lipinski definition) is 5. The molecule has 0 aromatic heterocycles. The second kappa shape index (κ2) is 7.67. The van der Waals surface area contributed by atoms with Gasteiger partial charge in [0.2, 0.25) is 0 Å². The minimum atomic E-state index is -2.43. The van der Waals surface area contributed by atoms with Gasteiger partial charge in [-0.3, -0.25) is 14.4 Å². The van der Waals surface area contributed by atoms with Gasteiger partial charge in [-0.05, 0) is 50.8 Å². The van der Waals surface area contributed by atoms with E-state index in [0.29, 0.717) is 22.4 Å². The molecular weight excluding hydrogens is 402 g/mol. The van der Waals surface area contributed by atoms with Gasteiger partial charge >= 0.3 is 18.0 Å². The number of aryl methyl sites for hydroxylation is 1. The predicted octanol–water partition coefficient (Wildman–Crippen LogP) is 3.54. The number of esters is 1. The molecule has 2 rings (SSSR count). The number of halogens is 1. The Bertz CT molecular complexity index is 903. The number of hydrogen-bond donors (Lipinski definition) is 2. The average Bonchev–Trinajstić information content (AvgIpc) is 2.82. The number of carboxylic acid groups (broad SMARTS) is 2. The van der Waals surface area contributed by atoms with Crippen molar-refractivity contribution in [3.8, 4) is 0 Å². The van der Waals surface area contributed by atoms with E-state index in [-0.39, 0.29) is 22.7 Å². The Morgan fingerprint density at radius 3 is 2.17 bits per heavy atom. The molecule has 0 aliphatic carbocycles. The summed E-state index contributed by atoms with van der Waals surface area (Å²) in [5, 5.41) is 20.0. The monoisotopic (exact) mass is 425 g/mol. The minimum Gasteiger partial charge on any atom is -0.480 e. The van der Waals surface area contributed by atoms with Crippen molar-refractivity contribution in [2.75, 3.05) is 4.90 Å². The Morgan fingerprint density at radius 1 is 1.17 bits per heavy atom. The highest BCUT2D eigenvalue weighted by molar-refractivity contribution is 6.34. The Morgan fingerprint density at radius 2 is 1.76 bits per heavy atom. The normalized spacial score (nSPS) is 18.6. The first-order valence-corrected chi connectivity index (χ1v) is 9.57. The number of carboxylic acids is 1. The number of amides is 2. The molecule has 1 aromatic rings. The summed E-state index contributed by atoms with van der Waals surface area (Å²) in [7, 11) is 0. The predicted molar refractivity (Wildman–Crippen MR) is 105 cm³/mol. The minimum absolute atomic E-state index is 0.0621. The highest BCUT2D eigenvalue weighted by atomic mass is 35.5.